The zero-order valence-electron chi connectivity index (χ0n) is 16.7. The van der Waals surface area contributed by atoms with Gasteiger partial charge in [0.05, 0.1) is 11.1 Å². The van der Waals surface area contributed by atoms with E-state index >= 15 is 0 Å². The lowest BCUT2D eigenvalue weighted by molar-refractivity contribution is -0.150. The van der Waals surface area contributed by atoms with E-state index in [-0.39, 0.29) is 18.9 Å². The highest BCUT2D eigenvalue weighted by Crippen LogP contribution is 2.27. The van der Waals surface area contributed by atoms with E-state index in [0.717, 1.165) is 10.5 Å². The van der Waals surface area contributed by atoms with Crippen molar-refractivity contribution in [3.05, 3.63) is 71.6 Å². The molecule has 8 nitrogen and oxygen atoms in total. The molecule has 0 aliphatic carbocycles. The summed E-state index contributed by atoms with van der Waals surface area (Å²) in [5.41, 5.74) is 1.33. The van der Waals surface area contributed by atoms with E-state index in [9.17, 15) is 14.4 Å². The summed E-state index contributed by atoms with van der Waals surface area (Å²) in [5.74, 6) is -0.668. The van der Waals surface area contributed by atoms with Crippen LogP contribution in [-0.4, -0.2) is 50.9 Å². The van der Waals surface area contributed by atoms with Gasteiger partial charge in [0.2, 0.25) is 5.89 Å². The number of ether oxygens (including phenoxy) is 1. The summed E-state index contributed by atoms with van der Waals surface area (Å²) in [6.07, 6.45) is 2.17. The summed E-state index contributed by atoms with van der Waals surface area (Å²) in [4.78, 5) is 39.5. The van der Waals surface area contributed by atoms with E-state index in [1.54, 1.807) is 24.3 Å². The minimum Gasteiger partial charge on any atom is -0.454 e. The number of aromatic nitrogens is 2. The molecular formula is C22H19N3O5S. The van der Waals surface area contributed by atoms with Crippen molar-refractivity contribution in [2.75, 3.05) is 12.0 Å². The third-order valence-electron chi connectivity index (χ3n) is 4.83. The molecule has 2 aromatic carbocycles. The Hall–Kier alpha value is -3.46. The van der Waals surface area contributed by atoms with Gasteiger partial charge in [0.25, 0.3) is 17.7 Å². The maximum atomic E-state index is 12.9. The molecule has 1 atom stereocenters. The molecule has 158 valence electrons. The Morgan fingerprint density at radius 2 is 1.68 bits per heavy atom. The molecule has 1 aliphatic rings. The Labute approximate surface area is 182 Å². The third kappa shape index (κ3) is 4.22. The number of esters is 1. The second kappa shape index (κ2) is 9.13. The smallest absolute Gasteiger partial charge is 0.329 e. The van der Waals surface area contributed by atoms with Crippen LogP contribution in [0, 0.1) is 0 Å². The number of amides is 2. The van der Waals surface area contributed by atoms with Gasteiger partial charge in [-0.2, -0.15) is 11.8 Å². The Bertz CT molecular complexity index is 1080. The molecule has 0 spiro atoms. The molecule has 0 fully saturated rings. The number of rotatable bonds is 8. The molecule has 0 saturated heterocycles. The van der Waals surface area contributed by atoms with Gasteiger partial charge in [-0.05, 0) is 42.7 Å². The van der Waals surface area contributed by atoms with Crippen molar-refractivity contribution in [1.82, 2.24) is 15.1 Å². The summed E-state index contributed by atoms with van der Waals surface area (Å²) in [6, 6.07) is 14.7. The van der Waals surface area contributed by atoms with Gasteiger partial charge in [0.15, 0.2) is 6.61 Å². The Balaban J connectivity index is 1.48. The first-order chi connectivity index (χ1) is 15.1. The SMILES string of the molecule is CSCCC(C(=O)OCc1nnc(-c2ccccc2)o1)N1C(=O)c2ccccc2C1=O. The van der Waals surface area contributed by atoms with Gasteiger partial charge in [-0.1, -0.05) is 30.3 Å². The number of carbonyl (C=O) groups excluding carboxylic acids is 3. The first-order valence-electron chi connectivity index (χ1n) is 9.60. The molecule has 3 aromatic rings. The molecule has 0 bridgehead atoms. The van der Waals surface area contributed by atoms with E-state index in [1.807, 2.05) is 36.6 Å². The van der Waals surface area contributed by atoms with E-state index in [1.165, 1.54) is 11.8 Å². The highest BCUT2D eigenvalue weighted by atomic mass is 32.2. The zero-order valence-corrected chi connectivity index (χ0v) is 17.5. The lowest BCUT2D eigenvalue weighted by Crippen LogP contribution is -2.46. The summed E-state index contributed by atoms with van der Waals surface area (Å²) in [7, 11) is 0. The fraction of sp³-hybridized carbons (Fsp3) is 0.227. The molecular weight excluding hydrogens is 418 g/mol. The van der Waals surface area contributed by atoms with Crippen molar-refractivity contribution < 1.29 is 23.5 Å². The second-order valence-corrected chi connectivity index (χ2v) is 7.78. The fourth-order valence-electron chi connectivity index (χ4n) is 3.31. The van der Waals surface area contributed by atoms with Crippen LogP contribution < -0.4 is 0 Å². The Morgan fingerprint density at radius 1 is 1.03 bits per heavy atom. The van der Waals surface area contributed by atoms with Crippen LogP contribution in [-0.2, 0) is 16.1 Å². The van der Waals surface area contributed by atoms with Crippen molar-refractivity contribution in [3.63, 3.8) is 0 Å². The van der Waals surface area contributed by atoms with Crippen LogP contribution in [0.1, 0.15) is 33.0 Å². The number of carbonyl (C=O) groups is 3. The van der Waals surface area contributed by atoms with Gasteiger partial charge >= 0.3 is 5.97 Å². The number of hydrogen-bond acceptors (Lipinski definition) is 8. The zero-order chi connectivity index (χ0) is 21.8. The maximum absolute atomic E-state index is 12.9. The molecule has 4 rings (SSSR count). The van der Waals surface area contributed by atoms with Crippen LogP contribution in [0.15, 0.2) is 59.0 Å². The lowest BCUT2D eigenvalue weighted by Gasteiger charge is -2.24. The number of benzene rings is 2. The fourth-order valence-corrected chi connectivity index (χ4v) is 3.77. The quantitative estimate of drug-likeness (QED) is 0.391. The normalized spacial score (nSPS) is 13.9. The molecule has 0 radical (unpaired) electrons. The van der Waals surface area contributed by atoms with Gasteiger partial charge in [-0.15, -0.1) is 10.2 Å². The molecule has 0 N–H and O–H groups in total. The van der Waals surface area contributed by atoms with Crippen LogP contribution in [0.25, 0.3) is 11.5 Å². The molecule has 1 aromatic heterocycles. The van der Waals surface area contributed by atoms with Crippen LogP contribution in [0.2, 0.25) is 0 Å². The summed E-state index contributed by atoms with van der Waals surface area (Å²) < 4.78 is 10.9. The molecule has 31 heavy (non-hydrogen) atoms. The second-order valence-electron chi connectivity index (χ2n) is 6.80. The van der Waals surface area contributed by atoms with Gasteiger partial charge in [-0.3, -0.25) is 14.5 Å². The number of thioether (sulfide) groups is 1. The lowest BCUT2D eigenvalue weighted by atomic mass is 10.1. The number of fused-ring (bicyclic) bond motifs is 1. The van der Waals surface area contributed by atoms with Crippen LogP contribution >= 0.6 is 11.8 Å². The standard InChI is InChI=1S/C22H19N3O5S/c1-31-12-11-17(25-20(26)15-9-5-6-10-16(15)21(25)27)22(28)29-13-18-23-24-19(30-18)14-7-3-2-4-8-14/h2-10,17H,11-13H2,1H3. The van der Waals surface area contributed by atoms with E-state index in [0.29, 0.717) is 22.8 Å². The van der Waals surface area contributed by atoms with Crippen molar-refractivity contribution in [3.8, 4) is 11.5 Å². The Morgan fingerprint density at radius 3 is 2.32 bits per heavy atom. The minimum absolute atomic E-state index is 0.123. The number of hydrogen-bond donors (Lipinski definition) is 0. The Kier molecular flexibility index (Phi) is 6.13. The number of nitrogens with zero attached hydrogens (tertiary/aromatic N) is 3. The van der Waals surface area contributed by atoms with Crippen molar-refractivity contribution in [1.29, 1.82) is 0 Å². The predicted octanol–water partition coefficient (Wildman–Crippen LogP) is 3.20. The average Bonchev–Trinajstić information content (AvgIpc) is 3.38. The third-order valence-corrected chi connectivity index (χ3v) is 5.47. The van der Waals surface area contributed by atoms with Gasteiger partial charge in [0, 0.05) is 5.56 Å². The van der Waals surface area contributed by atoms with Gasteiger partial charge < -0.3 is 9.15 Å². The molecule has 9 heteroatoms. The number of imide groups is 1. The van der Waals surface area contributed by atoms with Crippen LogP contribution in [0.5, 0.6) is 0 Å². The molecule has 1 unspecified atom stereocenters. The summed E-state index contributed by atoms with van der Waals surface area (Å²) >= 11 is 1.51. The molecule has 0 saturated carbocycles. The van der Waals surface area contributed by atoms with Crippen LogP contribution in [0.3, 0.4) is 0 Å². The highest BCUT2D eigenvalue weighted by Gasteiger charge is 2.43. The first kappa shape index (κ1) is 20.8. The largest absolute Gasteiger partial charge is 0.454 e. The molecule has 2 amide bonds. The van der Waals surface area contributed by atoms with E-state index in [2.05, 4.69) is 10.2 Å². The monoisotopic (exact) mass is 437 g/mol. The topological polar surface area (TPSA) is 103 Å². The predicted molar refractivity (Wildman–Crippen MR) is 113 cm³/mol. The summed E-state index contributed by atoms with van der Waals surface area (Å²) in [6.45, 7) is -0.252. The van der Waals surface area contributed by atoms with Crippen molar-refractivity contribution in [2.45, 2.75) is 19.1 Å². The first-order valence-corrected chi connectivity index (χ1v) is 11.0. The minimum atomic E-state index is -1.03. The van der Waals surface area contributed by atoms with Gasteiger partial charge in [0.1, 0.15) is 6.04 Å². The average molecular weight is 437 g/mol. The molecule has 2 heterocycles. The summed E-state index contributed by atoms with van der Waals surface area (Å²) in [5, 5.41) is 7.86. The van der Waals surface area contributed by atoms with Crippen molar-refractivity contribution >= 4 is 29.5 Å². The highest BCUT2D eigenvalue weighted by molar-refractivity contribution is 7.98. The van der Waals surface area contributed by atoms with E-state index < -0.39 is 23.8 Å². The maximum Gasteiger partial charge on any atom is 0.329 e. The van der Waals surface area contributed by atoms with Gasteiger partial charge in [-0.25, -0.2) is 4.79 Å². The van der Waals surface area contributed by atoms with Crippen LogP contribution in [0.4, 0.5) is 0 Å². The molecule has 1 aliphatic heterocycles. The van der Waals surface area contributed by atoms with E-state index in [4.69, 9.17) is 9.15 Å². The van der Waals surface area contributed by atoms with Crippen molar-refractivity contribution in [2.24, 2.45) is 0 Å².